The fraction of sp³-hybridized carbons (Fsp3) is 0.125. The van der Waals surface area contributed by atoms with Crippen LogP contribution in [-0.2, 0) is 0 Å². The first-order valence-corrected chi connectivity index (χ1v) is 6.94. The van der Waals surface area contributed by atoms with E-state index in [4.69, 9.17) is 0 Å². The summed E-state index contributed by atoms with van der Waals surface area (Å²) in [7, 11) is 0. The molecule has 0 spiro atoms. The molecule has 1 aromatic carbocycles. The highest BCUT2D eigenvalue weighted by molar-refractivity contribution is 5.82. The van der Waals surface area contributed by atoms with Gasteiger partial charge in [0.05, 0.1) is 16.6 Å². The molecule has 0 fully saturated rings. The number of pyridine rings is 1. The van der Waals surface area contributed by atoms with E-state index < -0.39 is 0 Å². The second-order valence-electron chi connectivity index (χ2n) is 5.26. The number of nitrogens with zero attached hydrogens (tertiary/aromatic N) is 5. The van der Waals surface area contributed by atoms with Gasteiger partial charge in [0.2, 0.25) is 0 Å². The Bertz CT molecular complexity index is 1060. The zero-order valence-electron chi connectivity index (χ0n) is 12.2. The van der Waals surface area contributed by atoms with Crippen LogP contribution in [0.5, 0.6) is 0 Å². The number of fused-ring (bicyclic) bond motifs is 3. The van der Waals surface area contributed by atoms with Gasteiger partial charge in [-0.2, -0.15) is 14.6 Å². The Balaban J connectivity index is 2.09. The average molecular weight is 291 g/mol. The molecule has 0 unspecified atom stereocenters. The molecule has 0 aliphatic heterocycles. The molecular formula is C16H13N5O. The molecule has 6 heteroatoms. The second kappa shape index (κ2) is 4.49. The molecule has 3 aromatic heterocycles. The third kappa shape index (κ3) is 1.74. The third-order valence-electron chi connectivity index (χ3n) is 3.77. The third-order valence-corrected chi connectivity index (χ3v) is 3.77. The summed E-state index contributed by atoms with van der Waals surface area (Å²) in [5.41, 5.74) is 3.24. The van der Waals surface area contributed by atoms with Crippen LogP contribution in [0.2, 0.25) is 0 Å². The smallest absolute Gasteiger partial charge is 0.266 e. The molecule has 0 aliphatic rings. The number of benzene rings is 1. The molecule has 3 heterocycles. The van der Waals surface area contributed by atoms with Crippen LogP contribution in [0.15, 0.2) is 47.7 Å². The predicted octanol–water partition coefficient (Wildman–Crippen LogP) is 2.05. The average Bonchev–Trinajstić information content (AvgIpc) is 2.97. The second-order valence-corrected chi connectivity index (χ2v) is 5.26. The number of hydrogen-bond acceptors (Lipinski definition) is 4. The van der Waals surface area contributed by atoms with Crippen LogP contribution >= 0.6 is 0 Å². The molecule has 22 heavy (non-hydrogen) atoms. The summed E-state index contributed by atoms with van der Waals surface area (Å²) in [6.45, 7) is 3.83. The van der Waals surface area contributed by atoms with Crippen molar-refractivity contribution < 1.29 is 0 Å². The Labute approximate surface area is 125 Å². The quantitative estimate of drug-likeness (QED) is 0.538. The van der Waals surface area contributed by atoms with E-state index >= 15 is 0 Å². The molecule has 4 rings (SSSR count). The fourth-order valence-corrected chi connectivity index (χ4v) is 2.64. The number of aryl methyl sites for hydroxylation is 2. The number of rotatable bonds is 1. The lowest BCUT2D eigenvalue weighted by atomic mass is 10.2. The van der Waals surface area contributed by atoms with Gasteiger partial charge in [0.25, 0.3) is 11.3 Å². The lowest BCUT2D eigenvalue weighted by Crippen LogP contribution is -2.20. The van der Waals surface area contributed by atoms with Gasteiger partial charge in [0.1, 0.15) is 6.33 Å². The Kier molecular flexibility index (Phi) is 2.59. The van der Waals surface area contributed by atoms with Crippen molar-refractivity contribution in [2.24, 2.45) is 0 Å². The van der Waals surface area contributed by atoms with Crippen molar-refractivity contribution in [1.29, 1.82) is 0 Å². The van der Waals surface area contributed by atoms with Gasteiger partial charge in [-0.05, 0) is 32.0 Å². The van der Waals surface area contributed by atoms with E-state index in [2.05, 4.69) is 15.1 Å². The van der Waals surface area contributed by atoms with Crippen LogP contribution in [-0.4, -0.2) is 24.1 Å². The summed E-state index contributed by atoms with van der Waals surface area (Å²) in [4.78, 5) is 21.3. The zero-order chi connectivity index (χ0) is 15.3. The highest BCUT2D eigenvalue weighted by Crippen LogP contribution is 2.15. The van der Waals surface area contributed by atoms with Crippen molar-refractivity contribution in [2.75, 3.05) is 0 Å². The van der Waals surface area contributed by atoms with Crippen molar-refractivity contribution in [3.63, 3.8) is 0 Å². The molecule has 6 nitrogen and oxygen atoms in total. The highest BCUT2D eigenvalue weighted by atomic mass is 16.1. The lowest BCUT2D eigenvalue weighted by molar-refractivity contribution is 0.949. The number of aromatic nitrogens is 5. The highest BCUT2D eigenvalue weighted by Gasteiger charge is 2.12. The summed E-state index contributed by atoms with van der Waals surface area (Å²) in [5.74, 6) is 0.498. The van der Waals surface area contributed by atoms with E-state index in [0.717, 1.165) is 11.3 Å². The SMILES string of the molecule is Cc1ccc(-n2ccc3c(c(C)nc4ncnn43)c2=O)cc1. The summed E-state index contributed by atoms with van der Waals surface area (Å²) >= 11 is 0. The minimum absolute atomic E-state index is 0.108. The Morgan fingerprint density at radius 3 is 2.59 bits per heavy atom. The molecule has 0 saturated carbocycles. The summed E-state index contributed by atoms with van der Waals surface area (Å²) in [6, 6.07) is 9.70. The van der Waals surface area contributed by atoms with Crippen molar-refractivity contribution in [2.45, 2.75) is 13.8 Å². The predicted molar refractivity (Wildman–Crippen MR) is 83.4 cm³/mol. The molecule has 0 N–H and O–H groups in total. The van der Waals surface area contributed by atoms with Crippen molar-refractivity contribution in [3.8, 4) is 5.69 Å². The first kappa shape index (κ1) is 12.7. The van der Waals surface area contributed by atoms with Crippen molar-refractivity contribution >= 4 is 16.7 Å². The van der Waals surface area contributed by atoms with E-state index in [1.807, 2.05) is 44.2 Å². The minimum Gasteiger partial charge on any atom is -0.284 e. The zero-order valence-corrected chi connectivity index (χ0v) is 12.2. The number of hydrogen-bond donors (Lipinski definition) is 0. The molecule has 0 saturated heterocycles. The monoisotopic (exact) mass is 291 g/mol. The normalized spacial score (nSPS) is 11.4. The topological polar surface area (TPSA) is 65.1 Å². The summed E-state index contributed by atoms with van der Waals surface area (Å²) in [5, 5.41) is 4.69. The van der Waals surface area contributed by atoms with Gasteiger partial charge in [-0.3, -0.25) is 9.36 Å². The van der Waals surface area contributed by atoms with Gasteiger partial charge < -0.3 is 0 Å². The molecule has 0 amide bonds. The standard InChI is InChI=1S/C16H13N5O/c1-10-3-5-12(6-4-10)20-8-7-13-14(15(20)22)11(2)19-16-17-9-18-21(13)16/h3-9H,1-2H3. The summed E-state index contributed by atoms with van der Waals surface area (Å²) < 4.78 is 3.21. The fourth-order valence-electron chi connectivity index (χ4n) is 2.64. The Morgan fingerprint density at radius 2 is 1.82 bits per heavy atom. The molecule has 0 bridgehead atoms. The van der Waals surface area contributed by atoms with Crippen molar-refractivity contribution in [1.82, 2.24) is 24.1 Å². The Morgan fingerprint density at radius 1 is 1.05 bits per heavy atom. The molecular weight excluding hydrogens is 278 g/mol. The van der Waals surface area contributed by atoms with Gasteiger partial charge >= 0.3 is 0 Å². The molecule has 0 radical (unpaired) electrons. The van der Waals surface area contributed by atoms with Crippen LogP contribution in [0.3, 0.4) is 0 Å². The van der Waals surface area contributed by atoms with E-state index in [1.54, 1.807) is 15.3 Å². The van der Waals surface area contributed by atoms with Crippen LogP contribution in [0, 0.1) is 13.8 Å². The maximum absolute atomic E-state index is 12.9. The van der Waals surface area contributed by atoms with E-state index in [1.165, 1.54) is 6.33 Å². The van der Waals surface area contributed by atoms with Crippen molar-refractivity contribution in [3.05, 3.63) is 64.5 Å². The van der Waals surface area contributed by atoms with Crippen LogP contribution in [0.4, 0.5) is 0 Å². The van der Waals surface area contributed by atoms with Gasteiger partial charge in [-0.1, -0.05) is 17.7 Å². The van der Waals surface area contributed by atoms with Gasteiger partial charge in [-0.25, -0.2) is 4.98 Å². The molecule has 0 atom stereocenters. The molecule has 0 aliphatic carbocycles. The van der Waals surface area contributed by atoms with E-state index in [-0.39, 0.29) is 5.56 Å². The largest absolute Gasteiger partial charge is 0.284 e. The lowest BCUT2D eigenvalue weighted by Gasteiger charge is -2.09. The molecule has 108 valence electrons. The van der Waals surface area contributed by atoms with Crippen LogP contribution < -0.4 is 5.56 Å². The van der Waals surface area contributed by atoms with E-state index in [9.17, 15) is 4.79 Å². The molecule has 4 aromatic rings. The maximum atomic E-state index is 12.9. The van der Waals surface area contributed by atoms with Gasteiger partial charge in [0, 0.05) is 11.9 Å². The maximum Gasteiger partial charge on any atom is 0.266 e. The first-order chi connectivity index (χ1) is 10.6. The summed E-state index contributed by atoms with van der Waals surface area (Å²) in [6.07, 6.45) is 3.20. The van der Waals surface area contributed by atoms with Gasteiger partial charge in [0.15, 0.2) is 0 Å². The van der Waals surface area contributed by atoms with Crippen LogP contribution in [0.1, 0.15) is 11.3 Å². The first-order valence-electron chi connectivity index (χ1n) is 6.94. The minimum atomic E-state index is -0.108. The van der Waals surface area contributed by atoms with E-state index in [0.29, 0.717) is 22.4 Å². The Hall–Kier alpha value is -3.02. The van der Waals surface area contributed by atoms with Crippen LogP contribution in [0.25, 0.3) is 22.4 Å². The van der Waals surface area contributed by atoms with Gasteiger partial charge in [-0.15, -0.1) is 0 Å².